The molecule has 0 radical (unpaired) electrons. The summed E-state index contributed by atoms with van der Waals surface area (Å²) in [4.78, 5) is 12.0. The van der Waals surface area contributed by atoms with Gasteiger partial charge in [-0.15, -0.1) is 0 Å². The van der Waals surface area contributed by atoms with Crippen LogP contribution in [-0.4, -0.2) is 18.6 Å². The summed E-state index contributed by atoms with van der Waals surface area (Å²) in [7, 11) is 0. The predicted molar refractivity (Wildman–Crippen MR) is 86.1 cm³/mol. The number of ether oxygens (including phenoxy) is 1. The Labute approximate surface area is 127 Å². The molecule has 4 nitrogen and oxygen atoms in total. The summed E-state index contributed by atoms with van der Waals surface area (Å²) in [5.74, 6) is 1.21. The quantitative estimate of drug-likeness (QED) is 0.836. The number of benzene rings is 1. The molecule has 1 aromatic rings. The van der Waals surface area contributed by atoms with Crippen LogP contribution >= 0.6 is 0 Å². The summed E-state index contributed by atoms with van der Waals surface area (Å²) in [5.41, 5.74) is 8.20. The van der Waals surface area contributed by atoms with Gasteiger partial charge in [0.1, 0.15) is 6.61 Å². The Morgan fingerprint density at radius 2 is 1.95 bits per heavy atom. The van der Waals surface area contributed by atoms with Gasteiger partial charge in [0.15, 0.2) is 0 Å². The van der Waals surface area contributed by atoms with E-state index in [9.17, 15) is 4.79 Å². The summed E-state index contributed by atoms with van der Waals surface area (Å²) < 4.78 is 5.77. The zero-order valence-corrected chi connectivity index (χ0v) is 13.2. The molecule has 1 fully saturated rings. The third kappa shape index (κ3) is 4.74. The molecule has 3 N–H and O–H groups in total. The van der Waals surface area contributed by atoms with Crippen molar-refractivity contribution in [2.45, 2.75) is 46.1 Å². The van der Waals surface area contributed by atoms with Crippen molar-refractivity contribution < 1.29 is 9.53 Å². The van der Waals surface area contributed by atoms with Gasteiger partial charge in [-0.2, -0.15) is 0 Å². The van der Waals surface area contributed by atoms with E-state index in [1.54, 1.807) is 0 Å². The lowest BCUT2D eigenvalue weighted by Crippen LogP contribution is -2.29. The van der Waals surface area contributed by atoms with E-state index in [2.05, 4.69) is 19.2 Å². The predicted octanol–water partition coefficient (Wildman–Crippen LogP) is 3.36. The fourth-order valence-corrected chi connectivity index (χ4v) is 3.19. The molecule has 0 aromatic heterocycles. The van der Waals surface area contributed by atoms with Crippen LogP contribution < -0.4 is 11.1 Å². The molecule has 1 saturated carbocycles. The molecule has 116 valence electrons. The SMILES string of the molecule is Cc1ccc(NC(=O)COC2CC(C)CC(C)C2)c(N)c1. The lowest BCUT2D eigenvalue weighted by molar-refractivity contribution is -0.124. The molecule has 1 aromatic carbocycles. The molecule has 2 unspecified atom stereocenters. The fourth-order valence-electron chi connectivity index (χ4n) is 3.19. The molecule has 0 bridgehead atoms. The number of nitrogens with two attached hydrogens (primary N) is 1. The molecular formula is C17H26N2O2. The van der Waals surface area contributed by atoms with Crippen LogP contribution in [0.3, 0.4) is 0 Å². The second-order valence-electron chi connectivity index (χ2n) is 6.49. The van der Waals surface area contributed by atoms with Gasteiger partial charge < -0.3 is 15.8 Å². The van der Waals surface area contributed by atoms with Gasteiger partial charge in [0.25, 0.3) is 0 Å². The first-order valence-electron chi connectivity index (χ1n) is 7.71. The number of amides is 1. The molecule has 0 aliphatic heterocycles. The molecule has 1 aliphatic rings. The number of hydrogen-bond acceptors (Lipinski definition) is 3. The highest BCUT2D eigenvalue weighted by atomic mass is 16.5. The Kier molecular flexibility index (Phi) is 5.23. The third-order valence-electron chi connectivity index (χ3n) is 4.07. The van der Waals surface area contributed by atoms with Gasteiger partial charge in [0.05, 0.1) is 17.5 Å². The van der Waals surface area contributed by atoms with Crippen molar-refractivity contribution in [3.63, 3.8) is 0 Å². The molecule has 2 atom stereocenters. The maximum Gasteiger partial charge on any atom is 0.250 e. The number of rotatable bonds is 4. The van der Waals surface area contributed by atoms with Crippen LogP contribution in [0.4, 0.5) is 11.4 Å². The number of aryl methyl sites for hydroxylation is 1. The van der Waals surface area contributed by atoms with Crippen LogP contribution in [0, 0.1) is 18.8 Å². The van der Waals surface area contributed by atoms with Gasteiger partial charge >= 0.3 is 0 Å². The number of nitrogen functional groups attached to an aromatic ring is 1. The third-order valence-corrected chi connectivity index (χ3v) is 4.07. The smallest absolute Gasteiger partial charge is 0.250 e. The van der Waals surface area contributed by atoms with Crippen LogP contribution in [0.25, 0.3) is 0 Å². The topological polar surface area (TPSA) is 64.3 Å². The van der Waals surface area contributed by atoms with Crippen molar-refractivity contribution >= 4 is 17.3 Å². The monoisotopic (exact) mass is 290 g/mol. The molecule has 1 aliphatic carbocycles. The Bertz CT molecular complexity index is 492. The van der Waals surface area contributed by atoms with Gasteiger partial charge in [-0.1, -0.05) is 19.9 Å². The molecule has 0 heterocycles. The van der Waals surface area contributed by atoms with Crippen molar-refractivity contribution in [3.8, 4) is 0 Å². The van der Waals surface area contributed by atoms with Crippen molar-refractivity contribution in [2.24, 2.45) is 11.8 Å². The summed E-state index contributed by atoms with van der Waals surface area (Å²) in [6.07, 6.45) is 3.55. The molecule has 1 amide bonds. The Hall–Kier alpha value is -1.55. The number of carbonyl (C=O) groups is 1. The van der Waals surface area contributed by atoms with E-state index in [1.165, 1.54) is 6.42 Å². The zero-order chi connectivity index (χ0) is 15.4. The normalized spacial score (nSPS) is 25.6. The molecule has 0 saturated heterocycles. The van der Waals surface area contributed by atoms with Crippen molar-refractivity contribution in [1.29, 1.82) is 0 Å². The second-order valence-corrected chi connectivity index (χ2v) is 6.49. The highest BCUT2D eigenvalue weighted by molar-refractivity contribution is 5.94. The van der Waals surface area contributed by atoms with Crippen molar-refractivity contribution in [2.75, 3.05) is 17.7 Å². The van der Waals surface area contributed by atoms with E-state index in [4.69, 9.17) is 10.5 Å². The average molecular weight is 290 g/mol. The molecule has 2 rings (SSSR count). The number of nitrogens with one attached hydrogen (secondary N) is 1. The number of carbonyl (C=O) groups excluding carboxylic acids is 1. The van der Waals surface area contributed by atoms with E-state index in [1.807, 2.05) is 25.1 Å². The standard InChI is InChI=1S/C17H26N2O2/c1-11-4-5-16(15(18)9-11)19-17(20)10-21-14-7-12(2)6-13(3)8-14/h4-5,9,12-14H,6-8,10,18H2,1-3H3,(H,19,20). The summed E-state index contributed by atoms with van der Waals surface area (Å²) >= 11 is 0. The van der Waals surface area contributed by atoms with Gasteiger partial charge in [-0.3, -0.25) is 4.79 Å². The van der Waals surface area contributed by atoms with Crippen LogP contribution in [0.2, 0.25) is 0 Å². The number of anilines is 2. The maximum absolute atomic E-state index is 12.0. The summed E-state index contributed by atoms with van der Waals surface area (Å²) in [6, 6.07) is 5.60. The Balaban J connectivity index is 1.82. The highest BCUT2D eigenvalue weighted by Gasteiger charge is 2.24. The minimum atomic E-state index is -0.142. The van der Waals surface area contributed by atoms with Gasteiger partial charge in [0.2, 0.25) is 5.91 Å². The summed E-state index contributed by atoms with van der Waals surface area (Å²) in [6.45, 7) is 6.56. The van der Waals surface area contributed by atoms with Crippen LogP contribution in [0.1, 0.15) is 38.7 Å². The van der Waals surface area contributed by atoms with E-state index in [0.717, 1.165) is 18.4 Å². The van der Waals surface area contributed by atoms with Crippen molar-refractivity contribution in [1.82, 2.24) is 0 Å². The fraction of sp³-hybridized carbons (Fsp3) is 0.588. The van der Waals surface area contributed by atoms with Gasteiger partial charge in [-0.25, -0.2) is 0 Å². The largest absolute Gasteiger partial charge is 0.397 e. The van der Waals surface area contributed by atoms with Crippen LogP contribution in [-0.2, 0) is 9.53 Å². The second kappa shape index (κ2) is 6.94. The summed E-state index contributed by atoms with van der Waals surface area (Å²) in [5, 5.41) is 2.81. The minimum Gasteiger partial charge on any atom is -0.397 e. The molecule has 4 heteroatoms. The zero-order valence-electron chi connectivity index (χ0n) is 13.2. The Morgan fingerprint density at radius 1 is 1.29 bits per heavy atom. The molecule has 0 spiro atoms. The lowest BCUT2D eigenvalue weighted by atomic mass is 9.82. The van der Waals surface area contributed by atoms with Crippen molar-refractivity contribution in [3.05, 3.63) is 23.8 Å². The maximum atomic E-state index is 12.0. The van der Waals surface area contributed by atoms with E-state index in [0.29, 0.717) is 23.2 Å². The van der Waals surface area contributed by atoms with Crippen LogP contribution in [0.15, 0.2) is 18.2 Å². The highest BCUT2D eigenvalue weighted by Crippen LogP contribution is 2.30. The lowest BCUT2D eigenvalue weighted by Gasteiger charge is -2.31. The minimum absolute atomic E-state index is 0.0947. The molecular weight excluding hydrogens is 264 g/mol. The first kappa shape index (κ1) is 15.8. The first-order valence-corrected chi connectivity index (χ1v) is 7.71. The Morgan fingerprint density at radius 3 is 2.57 bits per heavy atom. The van der Waals surface area contributed by atoms with Gasteiger partial charge in [0, 0.05) is 0 Å². The van der Waals surface area contributed by atoms with Gasteiger partial charge in [-0.05, 0) is 55.7 Å². The average Bonchev–Trinajstić information content (AvgIpc) is 2.39. The van der Waals surface area contributed by atoms with E-state index >= 15 is 0 Å². The van der Waals surface area contributed by atoms with E-state index < -0.39 is 0 Å². The van der Waals surface area contributed by atoms with Crippen LogP contribution in [0.5, 0.6) is 0 Å². The molecule has 21 heavy (non-hydrogen) atoms. The first-order chi connectivity index (χ1) is 9.94. The number of hydrogen-bond donors (Lipinski definition) is 2. The van der Waals surface area contributed by atoms with E-state index in [-0.39, 0.29) is 18.6 Å².